The highest BCUT2D eigenvalue weighted by Crippen LogP contribution is 2.11. The summed E-state index contributed by atoms with van der Waals surface area (Å²) in [6.07, 6.45) is 1.33. The average Bonchev–Trinajstić information content (AvgIpc) is 2.17. The number of esters is 1. The Hall–Kier alpha value is -1.48. The SMILES string of the molecule is COC(=O)c1ncc(Br)c(C#N)n1. The second kappa shape index (κ2) is 3.96. The maximum atomic E-state index is 10.9. The molecule has 0 radical (unpaired) electrons. The van der Waals surface area contributed by atoms with Crippen LogP contribution >= 0.6 is 15.9 Å². The van der Waals surface area contributed by atoms with E-state index in [0.717, 1.165) is 0 Å². The van der Waals surface area contributed by atoms with Crippen LogP contribution in [0, 0.1) is 11.3 Å². The van der Waals surface area contributed by atoms with Gasteiger partial charge < -0.3 is 4.74 Å². The van der Waals surface area contributed by atoms with Crippen molar-refractivity contribution in [3.8, 4) is 6.07 Å². The number of carbonyl (C=O) groups is 1. The molecule has 6 heteroatoms. The number of hydrogen-bond donors (Lipinski definition) is 0. The zero-order valence-electron chi connectivity index (χ0n) is 6.61. The van der Waals surface area contributed by atoms with Crippen molar-refractivity contribution >= 4 is 21.9 Å². The number of methoxy groups -OCH3 is 1. The Kier molecular flexibility index (Phi) is 2.93. The number of hydrogen-bond acceptors (Lipinski definition) is 5. The molecule has 0 unspecified atom stereocenters. The minimum absolute atomic E-state index is 0.107. The molecule has 0 aromatic carbocycles. The number of rotatable bonds is 1. The van der Waals surface area contributed by atoms with Gasteiger partial charge in [0, 0.05) is 6.20 Å². The molecule has 0 amide bonds. The molecular weight excluding hydrogens is 238 g/mol. The summed E-state index contributed by atoms with van der Waals surface area (Å²) in [5, 5.41) is 8.57. The fraction of sp³-hybridized carbons (Fsp3) is 0.143. The Morgan fingerprint density at radius 2 is 2.46 bits per heavy atom. The fourth-order valence-corrected chi connectivity index (χ4v) is 0.915. The third-order valence-electron chi connectivity index (χ3n) is 1.22. The summed E-state index contributed by atoms with van der Waals surface area (Å²) in [5.74, 6) is -0.786. The predicted octanol–water partition coefficient (Wildman–Crippen LogP) is 0.897. The molecule has 0 saturated heterocycles. The van der Waals surface area contributed by atoms with Crippen LogP contribution in [0.5, 0.6) is 0 Å². The minimum atomic E-state index is -0.663. The fourth-order valence-electron chi connectivity index (χ4n) is 0.635. The Morgan fingerprint density at radius 3 is 3.00 bits per heavy atom. The second-order valence-corrected chi connectivity index (χ2v) is 2.85. The van der Waals surface area contributed by atoms with E-state index in [-0.39, 0.29) is 11.5 Å². The first kappa shape index (κ1) is 9.61. The molecule has 0 fully saturated rings. The first-order valence-electron chi connectivity index (χ1n) is 3.20. The highest BCUT2D eigenvalue weighted by Gasteiger charge is 2.11. The van der Waals surface area contributed by atoms with Gasteiger partial charge in [0.05, 0.1) is 11.6 Å². The smallest absolute Gasteiger partial charge is 0.376 e. The summed E-state index contributed by atoms with van der Waals surface area (Å²) < 4.78 is 4.83. The largest absolute Gasteiger partial charge is 0.463 e. The van der Waals surface area contributed by atoms with Crippen LogP contribution < -0.4 is 0 Å². The lowest BCUT2D eigenvalue weighted by molar-refractivity contribution is 0.0586. The molecule has 0 aliphatic heterocycles. The first-order chi connectivity index (χ1) is 6.19. The van der Waals surface area contributed by atoms with Gasteiger partial charge in [0.25, 0.3) is 0 Å². The van der Waals surface area contributed by atoms with Gasteiger partial charge in [-0.05, 0) is 15.9 Å². The second-order valence-electron chi connectivity index (χ2n) is 1.99. The van der Waals surface area contributed by atoms with Gasteiger partial charge in [0.2, 0.25) is 5.82 Å². The van der Waals surface area contributed by atoms with Crippen LogP contribution in [0.4, 0.5) is 0 Å². The van der Waals surface area contributed by atoms with E-state index in [9.17, 15) is 4.79 Å². The van der Waals surface area contributed by atoms with Crippen LogP contribution in [-0.4, -0.2) is 23.0 Å². The van der Waals surface area contributed by atoms with Crippen molar-refractivity contribution in [3.63, 3.8) is 0 Å². The molecule has 1 heterocycles. The van der Waals surface area contributed by atoms with Crippen LogP contribution in [0.25, 0.3) is 0 Å². The van der Waals surface area contributed by atoms with E-state index in [1.165, 1.54) is 13.3 Å². The molecule has 1 rings (SSSR count). The Morgan fingerprint density at radius 1 is 1.77 bits per heavy atom. The number of nitriles is 1. The zero-order valence-corrected chi connectivity index (χ0v) is 8.20. The van der Waals surface area contributed by atoms with Gasteiger partial charge in [-0.25, -0.2) is 14.8 Å². The van der Waals surface area contributed by atoms with Crippen molar-refractivity contribution in [2.75, 3.05) is 7.11 Å². The van der Waals surface area contributed by atoms with E-state index in [1.807, 2.05) is 6.07 Å². The summed E-state index contributed by atoms with van der Waals surface area (Å²) in [6, 6.07) is 1.81. The molecule has 66 valence electrons. The quantitative estimate of drug-likeness (QED) is 0.683. The van der Waals surface area contributed by atoms with Gasteiger partial charge in [-0.2, -0.15) is 5.26 Å². The van der Waals surface area contributed by atoms with Gasteiger partial charge in [0.1, 0.15) is 6.07 Å². The van der Waals surface area contributed by atoms with Crippen molar-refractivity contribution in [1.29, 1.82) is 5.26 Å². The molecule has 0 N–H and O–H groups in total. The van der Waals surface area contributed by atoms with E-state index in [2.05, 4.69) is 30.6 Å². The lowest BCUT2D eigenvalue weighted by atomic mass is 10.4. The summed E-state index contributed by atoms with van der Waals surface area (Å²) in [4.78, 5) is 18.3. The van der Waals surface area contributed by atoms with Crippen molar-refractivity contribution in [2.24, 2.45) is 0 Å². The van der Waals surface area contributed by atoms with E-state index in [4.69, 9.17) is 5.26 Å². The third kappa shape index (κ3) is 2.00. The molecule has 0 spiro atoms. The van der Waals surface area contributed by atoms with Crippen LogP contribution in [0.15, 0.2) is 10.7 Å². The predicted molar refractivity (Wildman–Crippen MR) is 45.8 cm³/mol. The van der Waals surface area contributed by atoms with Gasteiger partial charge in [-0.15, -0.1) is 0 Å². The maximum Gasteiger partial charge on any atom is 0.376 e. The zero-order chi connectivity index (χ0) is 9.84. The van der Waals surface area contributed by atoms with Crippen molar-refractivity contribution in [3.05, 3.63) is 22.2 Å². The Labute approximate surface area is 82.5 Å². The maximum absolute atomic E-state index is 10.9. The van der Waals surface area contributed by atoms with E-state index >= 15 is 0 Å². The van der Waals surface area contributed by atoms with Crippen LogP contribution in [-0.2, 0) is 4.74 Å². The van der Waals surface area contributed by atoms with Gasteiger partial charge >= 0.3 is 5.97 Å². The third-order valence-corrected chi connectivity index (χ3v) is 1.80. The highest BCUT2D eigenvalue weighted by atomic mass is 79.9. The molecule has 0 atom stereocenters. The molecule has 1 aromatic heterocycles. The van der Waals surface area contributed by atoms with Crippen molar-refractivity contribution in [2.45, 2.75) is 0 Å². The summed E-state index contributed by atoms with van der Waals surface area (Å²) >= 11 is 3.06. The minimum Gasteiger partial charge on any atom is -0.463 e. The molecule has 0 bridgehead atoms. The number of aromatic nitrogens is 2. The number of halogens is 1. The molecule has 0 saturated carbocycles. The van der Waals surface area contributed by atoms with E-state index < -0.39 is 5.97 Å². The molecule has 0 aliphatic rings. The summed E-state index contributed by atoms with van der Waals surface area (Å²) in [6.45, 7) is 0. The van der Waals surface area contributed by atoms with Gasteiger partial charge in [-0.3, -0.25) is 0 Å². The lowest BCUT2D eigenvalue weighted by Gasteiger charge is -1.97. The first-order valence-corrected chi connectivity index (χ1v) is 3.99. The van der Waals surface area contributed by atoms with Crippen LogP contribution in [0.3, 0.4) is 0 Å². The van der Waals surface area contributed by atoms with E-state index in [0.29, 0.717) is 4.47 Å². The Balaban J connectivity index is 3.15. The number of nitrogens with zero attached hydrogens (tertiary/aromatic N) is 3. The number of ether oxygens (including phenoxy) is 1. The van der Waals surface area contributed by atoms with E-state index in [1.54, 1.807) is 0 Å². The van der Waals surface area contributed by atoms with Crippen LogP contribution in [0.2, 0.25) is 0 Å². The average molecular weight is 242 g/mol. The topological polar surface area (TPSA) is 75.9 Å². The molecule has 1 aromatic rings. The standard InChI is InChI=1S/C7H4BrN3O2/c1-13-7(12)6-10-3-4(8)5(2-9)11-6/h3H,1H3. The van der Waals surface area contributed by atoms with Crippen LogP contribution in [0.1, 0.15) is 16.3 Å². The monoisotopic (exact) mass is 241 g/mol. The summed E-state index contributed by atoms with van der Waals surface area (Å²) in [5.41, 5.74) is 0.107. The molecule has 5 nitrogen and oxygen atoms in total. The number of carbonyl (C=O) groups excluding carboxylic acids is 1. The summed E-state index contributed by atoms with van der Waals surface area (Å²) in [7, 11) is 1.22. The van der Waals surface area contributed by atoms with Gasteiger partial charge in [-0.1, -0.05) is 0 Å². The highest BCUT2D eigenvalue weighted by molar-refractivity contribution is 9.10. The van der Waals surface area contributed by atoms with Crippen molar-refractivity contribution < 1.29 is 9.53 Å². The Bertz CT molecular complexity index is 386. The molecule has 0 aliphatic carbocycles. The normalized spacial score (nSPS) is 9.00. The molecule has 13 heavy (non-hydrogen) atoms. The molecular formula is C7H4BrN3O2. The van der Waals surface area contributed by atoms with Crippen molar-refractivity contribution in [1.82, 2.24) is 9.97 Å². The van der Waals surface area contributed by atoms with Gasteiger partial charge in [0.15, 0.2) is 5.69 Å². The lowest BCUT2D eigenvalue weighted by Crippen LogP contribution is -2.08.